The van der Waals surface area contributed by atoms with Crippen LogP contribution in [-0.2, 0) is 22.5 Å². The van der Waals surface area contributed by atoms with Gasteiger partial charge in [0.15, 0.2) is 5.78 Å². The van der Waals surface area contributed by atoms with Crippen LogP contribution in [0.3, 0.4) is 0 Å². The van der Waals surface area contributed by atoms with Crippen molar-refractivity contribution in [3.8, 4) is 0 Å². The molecule has 4 nitrogen and oxygen atoms in total. The summed E-state index contributed by atoms with van der Waals surface area (Å²) in [5.74, 6) is -0.0874. The quantitative estimate of drug-likeness (QED) is 0.772. The van der Waals surface area contributed by atoms with Gasteiger partial charge in [0.05, 0.1) is 6.61 Å². The monoisotopic (exact) mass is 249 g/mol. The summed E-state index contributed by atoms with van der Waals surface area (Å²) in [6, 6.07) is 1.81. The van der Waals surface area contributed by atoms with Crippen LogP contribution < -0.4 is 0 Å². The van der Waals surface area contributed by atoms with Crippen molar-refractivity contribution in [1.29, 1.82) is 0 Å². The lowest BCUT2D eigenvalue weighted by atomic mass is 9.76. The fourth-order valence-electron chi connectivity index (χ4n) is 2.50. The number of hydrogen-bond donors (Lipinski definition) is 0. The number of ether oxygens (including phenoxy) is 1. The fourth-order valence-corrected chi connectivity index (χ4v) is 2.50. The van der Waals surface area contributed by atoms with Gasteiger partial charge in [0, 0.05) is 23.9 Å². The number of fused-ring (bicyclic) bond motifs is 1. The molecule has 0 saturated heterocycles. The van der Waals surface area contributed by atoms with E-state index in [1.807, 2.05) is 10.6 Å². The Labute approximate surface area is 107 Å². The van der Waals surface area contributed by atoms with E-state index in [9.17, 15) is 9.59 Å². The summed E-state index contributed by atoms with van der Waals surface area (Å²) in [7, 11) is 0. The highest BCUT2D eigenvalue weighted by Crippen LogP contribution is 2.35. The van der Waals surface area contributed by atoms with Crippen LogP contribution in [0.15, 0.2) is 12.3 Å². The smallest absolute Gasteiger partial charge is 0.325 e. The van der Waals surface area contributed by atoms with E-state index in [4.69, 9.17) is 4.74 Å². The minimum atomic E-state index is -0.258. The van der Waals surface area contributed by atoms with Crippen LogP contribution in [-0.4, -0.2) is 22.9 Å². The summed E-state index contributed by atoms with van der Waals surface area (Å²) in [4.78, 5) is 23.5. The third-order valence-electron chi connectivity index (χ3n) is 3.27. The standard InChI is InChI=1S/C14H19NO3/c1-4-18-13(17)9-15-6-5-10-11(15)7-14(2,3)8-12(10)16/h5-6H,4,7-9H2,1-3H3. The molecule has 98 valence electrons. The minimum absolute atomic E-state index is 0.0329. The van der Waals surface area contributed by atoms with E-state index in [1.165, 1.54) is 0 Å². The second-order valence-corrected chi connectivity index (χ2v) is 5.55. The van der Waals surface area contributed by atoms with Gasteiger partial charge in [-0.3, -0.25) is 9.59 Å². The summed E-state index contributed by atoms with van der Waals surface area (Å²) >= 11 is 0. The van der Waals surface area contributed by atoms with Gasteiger partial charge in [0.2, 0.25) is 0 Å². The van der Waals surface area contributed by atoms with Crippen LogP contribution >= 0.6 is 0 Å². The first-order chi connectivity index (χ1) is 8.43. The molecule has 1 heterocycles. The van der Waals surface area contributed by atoms with Gasteiger partial charge < -0.3 is 9.30 Å². The lowest BCUT2D eigenvalue weighted by Gasteiger charge is -2.29. The topological polar surface area (TPSA) is 48.3 Å². The first kappa shape index (κ1) is 12.9. The highest BCUT2D eigenvalue weighted by atomic mass is 16.5. The van der Waals surface area contributed by atoms with Gasteiger partial charge in [-0.25, -0.2) is 0 Å². The van der Waals surface area contributed by atoms with Gasteiger partial charge in [-0.15, -0.1) is 0 Å². The lowest BCUT2D eigenvalue weighted by molar-refractivity contribution is -0.143. The molecule has 4 heteroatoms. The summed E-state index contributed by atoms with van der Waals surface area (Å²) in [5.41, 5.74) is 1.69. The molecule has 18 heavy (non-hydrogen) atoms. The molecule has 0 fully saturated rings. The maximum atomic E-state index is 12.0. The Morgan fingerprint density at radius 2 is 2.17 bits per heavy atom. The third-order valence-corrected chi connectivity index (χ3v) is 3.27. The zero-order valence-corrected chi connectivity index (χ0v) is 11.2. The number of carbonyl (C=O) groups excluding carboxylic acids is 2. The molecule has 1 aromatic rings. The van der Waals surface area contributed by atoms with Crippen molar-refractivity contribution in [2.45, 2.75) is 40.2 Å². The van der Waals surface area contributed by atoms with Gasteiger partial charge in [-0.05, 0) is 24.8 Å². The molecule has 1 aliphatic rings. The summed E-state index contributed by atoms with van der Waals surface area (Å²) in [6.07, 6.45) is 3.20. The highest BCUT2D eigenvalue weighted by molar-refractivity contribution is 5.98. The third kappa shape index (κ3) is 2.47. The molecule has 1 aliphatic carbocycles. The first-order valence-corrected chi connectivity index (χ1v) is 6.30. The van der Waals surface area contributed by atoms with E-state index in [2.05, 4.69) is 13.8 Å². The van der Waals surface area contributed by atoms with Crippen molar-refractivity contribution in [2.75, 3.05) is 6.61 Å². The Bertz CT molecular complexity index is 485. The van der Waals surface area contributed by atoms with Crippen molar-refractivity contribution in [2.24, 2.45) is 5.41 Å². The highest BCUT2D eigenvalue weighted by Gasteiger charge is 2.33. The Kier molecular flexibility index (Phi) is 3.28. The van der Waals surface area contributed by atoms with Crippen LogP contribution in [0.25, 0.3) is 0 Å². The van der Waals surface area contributed by atoms with E-state index < -0.39 is 0 Å². The normalized spacial score (nSPS) is 17.4. The number of esters is 1. The van der Waals surface area contributed by atoms with E-state index in [1.54, 1.807) is 13.1 Å². The van der Waals surface area contributed by atoms with Gasteiger partial charge in [0.25, 0.3) is 0 Å². The van der Waals surface area contributed by atoms with Crippen molar-refractivity contribution in [1.82, 2.24) is 4.57 Å². The molecule has 0 radical (unpaired) electrons. The number of Topliss-reactive ketones (excluding diaryl/α,β-unsaturated/α-hetero) is 1. The molecule has 0 N–H and O–H groups in total. The maximum absolute atomic E-state index is 12.0. The van der Waals surface area contributed by atoms with Crippen LogP contribution in [0, 0.1) is 5.41 Å². The Morgan fingerprint density at radius 1 is 1.44 bits per heavy atom. The van der Waals surface area contributed by atoms with Crippen LogP contribution in [0.4, 0.5) is 0 Å². The minimum Gasteiger partial charge on any atom is -0.465 e. The number of carbonyl (C=O) groups is 2. The zero-order chi connectivity index (χ0) is 13.3. The van der Waals surface area contributed by atoms with Crippen molar-refractivity contribution < 1.29 is 14.3 Å². The molecule has 0 spiro atoms. The average Bonchev–Trinajstić information content (AvgIpc) is 2.60. The lowest BCUT2D eigenvalue weighted by Crippen LogP contribution is -2.28. The molecule has 0 aromatic carbocycles. The van der Waals surface area contributed by atoms with Crippen LogP contribution in [0.1, 0.15) is 43.2 Å². The molecular weight excluding hydrogens is 230 g/mol. The molecule has 2 rings (SSSR count). The van der Waals surface area contributed by atoms with Crippen LogP contribution in [0.5, 0.6) is 0 Å². The average molecular weight is 249 g/mol. The number of nitrogens with zero attached hydrogens (tertiary/aromatic N) is 1. The van der Waals surface area contributed by atoms with E-state index >= 15 is 0 Å². The van der Waals surface area contributed by atoms with Crippen LogP contribution in [0.2, 0.25) is 0 Å². The number of ketones is 1. The Morgan fingerprint density at radius 3 is 2.83 bits per heavy atom. The van der Waals surface area contributed by atoms with Crippen molar-refractivity contribution in [3.63, 3.8) is 0 Å². The summed E-state index contributed by atoms with van der Waals surface area (Å²) in [6.45, 7) is 6.51. The molecule has 0 aliphatic heterocycles. The van der Waals surface area contributed by atoms with Gasteiger partial charge in [-0.2, -0.15) is 0 Å². The Hall–Kier alpha value is -1.58. The molecule has 0 bridgehead atoms. The van der Waals surface area contributed by atoms with Gasteiger partial charge in [-0.1, -0.05) is 13.8 Å². The molecule has 0 amide bonds. The van der Waals surface area contributed by atoms with Crippen molar-refractivity contribution in [3.05, 3.63) is 23.5 Å². The summed E-state index contributed by atoms with van der Waals surface area (Å²) in [5, 5.41) is 0. The van der Waals surface area contributed by atoms with Crippen molar-refractivity contribution >= 4 is 11.8 Å². The Balaban J connectivity index is 2.25. The maximum Gasteiger partial charge on any atom is 0.325 e. The predicted molar refractivity (Wildman–Crippen MR) is 67.5 cm³/mol. The summed E-state index contributed by atoms with van der Waals surface area (Å²) < 4.78 is 6.78. The molecule has 0 unspecified atom stereocenters. The van der Waals surface area contributed by atoms with Gasteiger partial charge in [0.1, 0.15) is 6.54 Å². The molecule has 0 atom stereocenters. The zero-order valence-electron chi connectivity index (χ0n) is 11.2. The second kappa shape index (κ2) is 4.59. The van der Waals surface area contributed by atoms with E-state index in [0.717, 1.165) is 17.7 Å². The molecule has 0 saturated carbocycles. The SMILES string of the molecule is CCOC(=O)Cn1ccc2c1CC(C)(C)CC2=O. The number of hydrogen-bond acceptors (Lipinski definition) is 3. The molecular formula is C14H19NO3. The van der Waals surface area contributed by atoms with E-state index in [0.29, 0.717) is 13.0 Å². The first-order valence-electron chi connectivity index (χ1n) is 6.30. The predicted octanol–water partition coefficient (Wildman–Crippen LogP) is 2.21. The van der Waals surface area contributed by atoms with Gasteiger partial charge >= 0.3 is 5.97 Å². The number of rotatable bonds is 3. The largest absolute Gasteiger partial charge is 0.465 e. The van der Waals surface area contributed by atoms with E-state index in [-0.39, 0.29) is 23.7 Å². The fraction of sp³-hybridized carbons (Fsp3) is 0.571. The second-order valence-electron chi connectivity index (χ2n) is 5.55. The molecule has 1 aromatic heterocycles. The number of aromatic nitrogens is 1.